The molecule has 136 valence electrons. The zero-order chi connectivity index (χ0) is 18.7. The monoisotopic (exact) mass is 355 g/mol. The number of carbonyl (C=O) groups is 1. The van der Waals surface area contributed by atoms with E-state index < -0.39 is 0 Å². The minimum atomic E-state index is -0.235. The quantitative estimate of drug-likeness (QED) is 0.730. The van der Waals surface area contributed by atoms with Crippen LogP contribution in [-0.2, 0) is 13.7 Å². The van der Waals surface area contributed by atoms with E-state index in [4.69, 9.17) is 9.26 Å². The fraction of sp³-hybridized carbons (Fsp3) is 0.333. The second-order valence-electron chi connectivity index (χ2n) is 6.19. The van der Waals surface area contributed by atoms with Crippen molar-refractivity contribution in [3.63, 3.8) is 0 Å². The first kappa shape index (κ1) is 17.7. The summed E-state index contributed by atoms with van der Waals surface area (Å²) in [5.74, 6) is 0.901. The first-order chi connectivity index (χ1) is 12.5. The third kappa shape index (κ3) is 3.74. The van der Waals surface area contributed by atoms with Crippen molar-refractivity contribution in [3.8, 4) is 17.3 Å². The molecule has 3 rings (SSSR count). The van der Waals surface area contributed by atoms with Crippen molar-refractivity contribution in [3.05, 3.63) is 47.5 Å². The highest BCUT2D eigenvalue weighted by Crippen LogP contribution is 2.25. The standard InChI is InChI=1S/C18H21N5O3/c1-11(2)20-18(24)15-9-16(23(4)21-15)25-10-13-12(3)26-22-17(13)14-7-5-6-8-19-14/h5-9,11H,10H2,1-4H3,(H,20,24). The minimum absolute atomic E-state index is 0.0365. The molecule has 3 aromatic rings. The lowest BCUT2D eigenvalue weighted by molar-refractivity contribution is 0.0937. The second kappa shape index (κ2) is 7.38. The van der Waals surface area contributed by atoms with Crippen molar-refractivity contribution in [2.75, 3.05) is 0 Å². The van der Waals surface area contributed by atoms with Gasteiger partial charge < -0.3 is 14.6 Å². The molecular weight excluding hydrogens is 334 g/mol. The van der Waals surface area contributed by atoms with Gasteiger partial charge in [0.15, 0.2) is 5.69 Å². The maximum Gasteiger partial charge on any atom is 0.272 e. The Balaban J connectivity index is 1.77. The first-order valence-corrected chi connectivity index (χ1v) is 8.30. The van der Waals surface area contributed by atoms with Gasteiger partial charge in [0.2, 0.25) is 5.88 Å². The Bertz CT molecular complexity index is 899. The molecule has 8 heteroatoms. The topological polar surface area (TPSA) is 95.1 Å². The smallest absolute Gasteiger partial charge is 0.272 e. The van der Waals surface area contributed by atoms with Gasteiger partial charge in [-0.15, -0.1) is 0 Å². The third-order valence-electron chi connectivity index (χ3n) is 3.75. The van der Waals surface area contributed by atoms with Crippen LogP contribution >= 0.6 is 0 Å². The maximum atomic E-state index is 12.1. The summed E-state index contributed by atoms with van der Waals surface area (Å²) in [6, 6.07) is 7.23. The molecule has 0 fully saturated rings. The van der Waals surface area contributed by atoms with Gasteiger partial charge in [-0.3, -0.25) is 9.78 Å². The molecule has 0 radical (unpaired) electrons. The summed E-state index contributed by atoms with van der Waals surface area (Å²) in [5.41, 5.74) is 2.47. The zero-order valence-corrected chi connectivity index (χ0v) is 15.2. The zero-order valence-electron chi connectivity index (χ0n) is 15.2. The molecule has 0 saturated heterocycles. The van der Waals surface area contributed by atoms with Crippen LogP contribution in [0.5, 0.6) is 5.88 Å². The molecule has 0 bridgehead atoms. The molecule has 0 spiro atoms. The lowest BCUT2D eigenvalue weighted by Gasteiger charge is -2.06. The number of nitrogens with zero attached hydrogens (tertiary/aromatic N) is 4. The van der Waals surface area contributed by atoms with Crippen molar-refractivity contribution in [2.45, 2.75) is 33.4 Å². The molecule has 26 heavy (non-hydrogen) atoms. The number of pyridine rings is 1. The van der Waals surface area contributed by atoms with E-state index in [1.807, 2.05) is 39.0 Å². The fourth-order valence-electron chi connectivity index (χ4n) is 2.44. The van der Waals surface area contributed by atoms with Crippen molar-refractivity contribution in [2.24, 2.45) is 7.05 Å². The number of hydrogen-bond acceptors (Lipinski definition) is 6. The highest BCUT2D eigenvalue weighted by molar-refractivity contribution is 5.92. The van der Waals surface area contributed by atoms with E-state index in [0.717, 1.165) is 5.56 Å². The van der Waals surface area contributed by atoms with E-state index in [1.165, 1.54) is 4.68 Å². The predicted molar refractivity (Wildman–Crippen MR) is 94.6 cm³/mol. The van der Waals surface area contributed by atoms with Crippen molar-refractivity contribution < 1.29 is 14.1 Å². The van der Waals surface area contributed by atoms with Gasteiger partial charge in [0, 0.05) is 25.4 Å². The van der Waals surface area contributed by atoms with E-state index in [2.05, 4.69) is 20.6 Å². The number of aryl methyl sites for hydroxylation is 2. The summed E-state index contributed by atoms with van der Waals surface area (Å²) >= 11 is 0. The fourth-order valence-corrected chi connectivity index (χ4v) is 2.44. The average Bonchev–Trinajstić information content (AvgIpc) is 3.16. The number of amides is 1. The summed E-state index contributed by atoms with van der Waals surface area (Å²) < 4.78 is 12.7. The van der Waals surface area contributed by atoms with Crippen LogP contribution in [0.25, 0.3) is 11.4 Å². The van der Waals surface area contributed by atoms with Gasteiger partial charge in [-0.25, -0.2) is 4.68 Å². The Morgan fingerprint density at radius 2 is 2.19 bits per heavy atom. The Kier molecular flexibility index (Phi) is 5.01. The van der Waals surface area contributed by atoms with Gasteiger partial charge in [-0.05, 0) is 32.9 Å². The molecule has 0 aromatic carbocycles. The van der Waals surface area contributed by atoms with Gasteiger partial charge in [0.25, 0.3) is 5.91 Å². The first-order valence-electron chi connectivity index (χ1n) is 8.30. The van der Waals surface area contributed by atoms with Gasteiger partial charge in [-0.2, -0.15) is 5.10 Å². The summed E-state index contributed by atoms with van der Waals surface area (Å²) in [5, 5.41) is 11.1. The molecule has 0 aliphatic rings. The van der Waals surface area contributed by atoms with E-state index >= 15 is 0 Å². The van der Waals surface area contributed by atoms with Crippen LogP contribution in [0.3, 0.4) is 0 Å². The number of rotatable bonds is 6. The maximum absolute atomic E-state index is 12.1. The molecule has 3 aromatic heterocycles. The SMILES string of the molecule is Cc1onc(-c2ccccn2)c1COc1cc(C(=O)NC(C)C)nn1C. The Labute approximate surface area is 151 Å². The minimum Gasteiger partial charge on any atom is -0.473 e. The van der Waals surface area contributed by atoms with Gasteiger partial charge in [0.1, 0.15) is 18.1 Å². The predicted octanol–water partition coefficient (Wildman–Crippen LogP) is 2.50. The number of aromatic nitrogens is 4. The molecule has 1 amide bonds. The third-order valence-corrected chi connectivity index (χ3v) is 3.75. The molecule has 1 N–H and O–H groups in total. The largest absolute Gasteiger partial charge is 0.473 e. The van der Waals surface area contributed by atoms with Crippen molar-refractivity contribution in [1.82, 2.24) is 25.2 Å². The lowest BCUT2D eigenvalue weighted by atomic mass is 10.1. The molecule has 0 aliphatic carbocycles. The van der Waals surface area contributed by atoms with Gasteiger partial charge in [0.05, 0.1) is 11.3 Å². The van der Waals surface area contributed by atoms with E-state index in [0.29, 0.717) is 28.7 Å². The van der Waals surface area contributed by atoms with Crippen LogP contribution in [0.2, 0.25) is 0 Å². The van der Waals surface area contributed by atoms with Crippen LogP contribution in [0.4, 0.5) is 0 Å². The van der Waals surface area contributed by atoms with Gasteiger partial charge in [-0.1, -0.05) is 11.2 Å². The lowest BCUT2D eigenvalue weighted by Crippen LogP contribution is -2.30. The summed E-state index contributed by atoms with van der Waals surface area (Å²) in [4.78, 5) is 16.4. The molecule has 0 unspecified atom stereocenters. The van der Waals surface area contributed by atoms with Crippen LogP contribution in [0.15, 0.2) is 35.0 Å². The van der Waals surface area contributed by atoms with E-state index in [1.54, 1.807) is 19.3 Å². The number of ether oxygens (including phenoxy) is 1. The highest BCUT2D eigenvalue weighted by Gasteiger charge is 2.18. The Morgan fingerprint density at radius 3 is 2.88 bits per heavy atom. The summed E-state index contributed by atoms with van der Waals surface area (Å²) in [6.45, 7) is 5.84. The van der Waals surface area contributed by atoms with Crippen LogP contribution in [0, 0.1) is 6.92 Å². The molecule has 8 nitrogen and oxygen atoms in total. The number of carbonyl (C=O) groups excluding carboxylic acids is 1. The summed E-state index contributed by atoms with van der Waals surface area (Å²) in [7, 11) is 1.72. The van der Waals surface area contributed by atoms with Crippen molar-refractivity contribution >= 4 is 5.91 Å². The Hall–Kier alpha value is -3.16. The normalized spacial score (nSPS) is 11.0. The van der Waals surface area contributed by atoms with Crippen LogP contribution in [-0.4, -0.2) is 31.9 Å². The van der Waals surface area contributed by atoms with Crippen LogP contribution < -0.4 is 10.1 Å². The highest BCUT2D eigenvalue weighted by atomic mass is 16.5. The molecule has 0 saturated carbocycles. The average molecular weight is 355 g/mol. The van der Waals surface area contributed by atoms with Crippen molar-refractivity contribution in [1.29, 1.82) is 0 Å². The number of nitrogens with one attached hydrogen (secondary N) is 1. The van der Waals surface area contributed by atoms with Gasteiger partial charge >= 0.3 is 0 Å². The summed E-state index contributed by atoms with van der Waals surface area (Å²) in [6.07, 6.45) is 1.70. The Morgan fingerprint density at radius 1 is 1.38 bits per heavy atom. The number of hydrogen-bond donors (Lipinski definition) is 1. The molecule has 0 aliphatic heterocycles. The second-order valence-corrected chi connectivity index (χ2v) is 6.19. The molecule has 0 atom stereocenters. The molecule has 3 heterocycles. The van der Waals surface area contributed by atoms with E-state index in [9.17, 15) is 4.79 Å². The molecular formula is C18H21N5O3. The van der Waals surface area contributed by atoms with E-state index in [-0.39, 0.29) is 18.6 Å². The van der Waals surface area contributed by atoms with Crippen LogP contribution in [0.1, 0.15) is 35.7 Å².